The molecule has 0 unspecified atom stereocenters. The molecule has 24 heavy (non-hydrogen) atoms. The predicted molar refractivity (Wildman–Crippen MR) is 97.2 cm³/mol. The van der Waals surface area contributed by atoms with E-state index < -0.39 is 5.60 Å². The zero-order valence-corrected chi connectivity index (χ0v) is 14.5. The minimum absolute atomic E-state index is 0.0300. The van der Waals surface area contributed by atoms with E-state index in [4.69, 9.17) is 10.5 Å². The number of hydrogen-bond donors (Lipinski definition) is 1. The first-order valence-electron chi connectivity index (χ1n) is 8.45. The van der Waals surface area contributed by atoms with Gasteiger partial charge in [0, 0.05) is 5.69 Å². The molecular weight excluding hydrogens is 300 g/mol. The van der Waals surface area contributed by atoms with Gasteiger partial charge in [0.15, 0.2) is 5.60 Å². The highest BCUT2D eigenvalue weighted by Gasteiger charge is 2.45. The number of ether oxygens (including phenoxy) is 1. The number of rotatable bonds is 4. The van der Waals surface area contributed by atoms with Crippen LogP contribution in [-0.4, -0.2) is 11.5 Å². The molecule has 0 radical (unpaired) electrons. The molecule has 2 N–H and O–H groups in total. The van der Waals surface area contributed by atoms with E-state index in [-0.39, 0.29) is 5.91 Å². The molecule has 1 aliphatic rings. The summed E-state index contributed by atoms with van der Waals surface area (Å²) in [5.74, 6) is 0.807. The number of anilines is 2. The summed E-state index contributed by atoms with van der Waals surface area (Å²) < 4.78 is 6.16. The summed E-state index contributed by atoms with van der Waals surface area (Å²) >= 11 is 0. The van der Waals surface area contributed by atoms with E-state index in [1.54, 1.807) is 0 Å². The molecule has 1 heterocycles. The zero-order chi connectivity index (χ0) is 17.3. The Bertz CT molecular complexity index is 749. The van der Waals surface area contributed by atoms with Crippen molar-refractivity contribution in [1.29, 1.82) is 0 Å². The molecule has 0 bridgehead atoms. The zero-order valence-electron chi connectivity index (χ0n) is 14.5. The van der Waals surface area contributed by atoms with Crippen molar-refractivity contribution in [3.63, 3.8) is 0 Å². The summed E-state index contributed by atoms with van der Waals surface area (Å²) in [7, 11) is 0. The van der Waals surface area contributed by atoms with Gasteiger partial charge in [0.2, 0.25) is 0 Å². The molecule has 2 aromatic carbocycles. The molecule has 4 nitrogen and oxygen atoms in total. The van der Waals surface area contributed by atoms with E-state index in [2.05, 4.69) is 0 Å². The first kappa shape index (κ1) is 16.4. The maximum atomic E-state index is 13.2. The minimum Gasteiger partial charge on any atom is -0.475 e. The Kier molecular flexibility index (Phi) is 4.22. The fourth-order valence-corrected chi connectivity index (χ4v) is 3.19. The van der Waals surface area contributed by atoms with E-state index in [9.17, 15) is 4.79 Å². The van der Waals surface area contributed by atoms with Gasteiger partial charge in [-0.2, -0.15) is 0 Å². The Balaban J connectivity index is 2.05. The number of amides is 1. The molecular formula is C20H24N2O2. The van der Waals surface area contributed by atoms with Gasteiger partial charge in [0.1, 0.15) is 5.75 Å². The summed E-state index contributed by atoms with van der Waals surface area (Å²) in [6.07, 6.45) is 1.29. The van der Waals surface area contributed by atoms with Crippen molar-refractivity contribution >= 4 is 17.3 Å². The van der Waals surface area contributed by atoms with Gasteiger partial charge in [-0.05, 0) is 55.2 Å². The van der Waals surface area contributed by atoms with E-state index in [1.165, 1.54) is 0 Å². The van der Waals surface area contributed by atoms with Gasteiger partial charge < -0.3 is 15.4 Å². The van der Waals surface area contributed by atoms with E-state index >= 15 is 0 Å². The van der Waals surface area contributed by atoms with Crippen LogP contribution in [0.5, 0.6) is 5.75 Å². The van der Waals surface area contributed by atoms with Crippen LogP contribution < -0.4 is 15.4 Å². The molecule has 0 saturated carbocycles. The van der Waals surface area contributed by atoms with Crippen molar-refractivity contribution in [3.8, 4) is 5.75 Å². The standard InChI is InChI=1S/C20H24N2O2/c1-4-20(5-2)19(23)22(13-15-7-9-16(21)10-8-15)17-12-14(3)6-11-18(17)24-20/h6-12H,4-5,13,21H2,1-3H3. The fourth-order valence-electron chi connectivity index (χ4n) is 3.19. The highest BCUT2D eigenvalue weighted by molar-refractivity contribution is 6.02. The third-order valence-corrected chi connectivity index (χ3v) is 4.81. The normalized spacial score (nSPS) is 15.8. The Hall–Kier alpha value is -2.49. The average Bonchev–Trinajstić information content (AvgIpc) is 2.59. The van der Waals surface area contributed by atoms with Crippen molar-refractivity contribution < 1.29 is 9.53 Å². The number of carbonyl (C=O) groups excluding carboxylic acids is 1. The molecule has 0 saturated heterocycles. The van der Waals surface area contributed by atoms with Gasteiger partial charge in [-0.25, -0.2) is 0 Å². The summed E-state index contributed by atoms with van der Waals surface area (Å²) in [5, 5.41) is 0. The van der Waals surface area contributed by atoms with Crippen LogP contribution >= 0.6 is 0 Å². The number of carbonyl (C=O) groups is 1. The second-order valence-corrected chi connectivity index (χ2v) is 6.41. The topological polar surface area (TPSA) is 55.6 Å². The number of fused-ring (bicyclic) bond motifs is 1. The van der Waals surface area contributed by atoms with Gasteiger partial charge in [0.05, 0.1) is 12.2 Å². The third kappa shape index (κ3) is 2.73. The van der Waals surface area contributed by atoms with Crippen LogP contribution in [0.2, 0.25) is 0 Å². The molecule has 0 atom stereocenters. The Morgan fingerprint density at radius 1 is 1.08 bits per heavy atom. The van der Waals surface area contributed by atoms with Crippen LogP contribution in [0.3, 0.4) is 0 Å². The number of aryl methyl sites for hydroxylation is 1. The number of benzene rings is 2. The van der Waals surface area contributed by atoms with Crippen LogP contribution in [0.4, 0.5) is 11.4 Å². The van der Waals surface area contributed by atoms with Gasteiger partial charge in [-0.1, -0.05) is 32.0 Å². The summed E-state index contributed by atoms with van der Waals surface area (Å²) in [5.41, 5.74) is 8.71. The van der Waals surface area contributed by atoms with Crippen molar-refractivity contribution in [3.05, 3.63) is 53.6 Å². The maximum absolute atomic E-state index is 13.2. The Morgan fingerprint density at radius 2 is 1.75 bits per heavy atom. The van der Waals surface area contributed by atoms with Crippen molar-refractivity contribution in [1.82, 2.24) is 0 Å². The van der Waals surface area contributed by atoms with Crippen molar-refractivity contribution in [2.45, 2.75) is 45.8 Å². The number of nitrogens with two attached hydrogens (primary N) is 1. The lowest BCUT2D eigenvalue weighted by Gasteiger charge is -2.42. The van der Waals surface area contributed by atoms with Gasteiger partial charge in [-0.15, -0.1) is 0 Å². The lowest BCUT2D eigenvalue weighted by Crippen LogP contribution is -2.55. The molecule has 0 fully saturated rings. The lowest BCUT2D eigenvalue weighted by molar-refractivity contribution is -0.136. The van der Waals surface area contributed by atoms with Crippen LogP contribution in [0, 0.1) is 6.92 Å². The smallest absolute Gasteiger partial charge is 0.271 e. The van der Waals surface area contributed by atoms with Crippen LogP contribution in [-0.2, 0) is 11.3 Å². The molecule has 0 spiro atoms. The number of nitrogens with zero attached hydrogens (tertiary/aromatic N) is 1. The number of nitrogen functional groups attached to an aromatic ring is 1. The quantitative estimate of drug-likeness (QED) is 0.863. The fraction of sp³-hybridized carbons (Fsp3) is 0.350. The molecule has 1 amide bonds. The summed E-state index contributed by atoms with van der Waals surface area (Å²) in [6, 6.07) is 13.7. The molecule has 4 heteroatoms. The second-order valence-electron chi connectivity index (χ2n) is 6.41. The first-order chi connectivity index (χ1) is 11.5. The Labute approximate surface area is 143 Å². The minimum atomic E-state index is -0.782. The molecule has 2 aromatic rings. The molecule has 1 aliphatic heterocycles. The van der Waals surface area contributed by atoms with E-state index in [0.717, 1.165) is 28.3 Å². The van der Waals surface area contributed by atoms with Crippen LogP contribution in [0.1, 0.15) is 37.8 Å². The molecule has 0 aliphatic carbocycles. The highest BCUT2D eigenvalue weighted by atomic mass is 16.5. The van der Waals surface area contributed by atoms with Gasteiger partial charge in [0.25, 0.3) is 5.91 Å². The third-order valence-electron chi connectivity index (χ3n) is 4.81. The van der Waals surface area contributed by atoms with Crippen LogP contribution in [0.15, 0.2) is 42.5 Å². The monoisotopic (exact) mass is 324 g/mol. The summed E-state index contributed by atoms with van der Waals surface area (Å²) in [4.78, 5) is 15.1. The largest absolute Gasteiger partial charge is 0.475 e. The van der Waals surface area contributed by atoms with Crippen molar-refractivity contribution in [2.75, 3.05) is 10.6 Å². The second kappa shape index (κ2) is 6.19. The molecule has 3 rings (SSSR count). The van der Waals surface area contributed by atoms with E-state index in [0.29, 0.717) is 19.4 Å². The first-order valence-corrected chi connectivity index (χ1v) is 8.45. The van der Waals surface area contributed by atoms with E-state index in [1.807, 2.05) is 68.1 Å². The summed E-state index contributed by atoms with van der Waals surface area (Å²) in [6.45, 7) is 6.54. The number of hydrogen-bond acceptors (Lipinski definition) is 3. The van der Waals surface area contributed by atoms with Crippen LogP contribution in [0.25, 0.3) is 0 Å². The average molecular weight is 324 g/mol. The maximum Gasteiger partial charge on any atom is 0.271 e. The molecule has 0 aromatic heterocycles. The Morgan fingerprint density at radius 3 is 2.38 bits per heavy atom. The SMILES string of the molecule is CCC1(CC)Oc2ccc(C)cc2N(Cc2ccc(N)cc2)C1=O. The predicted octanol–water partition coefficient (Wildman–Crippen LogP) is 4.06. The van der Waals surface area contributed by atoms with Gasteiger partial charge >= 0.3 is 0 Å². The van der Waals surface area contributed by atoms with Gasteiger partial charge in [-0.3, -0.25) is 4.79 Å². The van der Waals surface area contributed by atoms with Crippen molar-refractivity contribution in [2.24, 2.45) is 0 Å². The highest BCUT2D eigenvalue weighted by Crippen LogP contribution is 2.41. The molecule has 126 valence electrons. The lowest BCUT2D eigenvalue weighted by atomic mass is 9.92.